The van der Waals surface area contributed by atoms with E-state index in [0.29, 0.717) is 25.7 Å². The molecule has 7 heteroatoms. The van der Waals surface area contributed by atoms with Gasteiger partial charge in [0.25, 0.3) is 0 Å². The summed E-state index contributed by atoms with van der Waals surface area (Å²) in [4.78, 5) is 6.53. The first-order valence-corrected chi connectivity index (χ1v) is 8.48. The van der Waals surface area contributed by atoms with Gasteiger partial charge < -0.3 is 24.8 Å². The highest BCUT2D eigenvalue weighted by atomic mass is 127. The van der Waals surface area contributed by atoms with Gasteiger partial charge in [-0.1, -0.05) is 19.3 Å². The molecule has 0 radical (unpaired) electrons. The number of hydrogen-bond acceptors (Lipinski definition) is 4. The third-order valence-corrected chi connectivity index (χ3v) is 4.67. The molecule has 2 aliphatic rings. The smallest absolute Gasteiger partial charge is 0.193 e. The molecule has 0 aromatic rings. The highest BCUT2D eigenvalue weighted by Crippen LogP contribution is 2.26. The Hall–Kier alpha value is -0.120. The van der Waals surface area contributed by atoms with Crippen LogP contribution in [-0.4, -0.2) is 75.2 Å². The normalized spacial score (nSPS) is 24.9. The molecule has 1 aliphatic carbocycles. The van der Waals surface area contributed by atoms with Crippen molar-refractivity contribution in [1.29, 1.82) is 0 Å². The van der Waals surface area contributed by atoms with Crippen LogP contribution in [0.3, 0.4) is 0 Å². The van der Waals surface area contributed by atoms with Crippen molar-refractivity contribution in [3.8, 4) is 0 Å². The van der Waals surface area contributed by atoms with Crippen LogP contribution in [0.4, 0.5) is 0 Å². The maximum Gasteiger partial charge on any atom is 0.193 e. The lowest BCUT2D eigenvalue weighted by atomic mass is 9.85. The summed E-state index contributed by atoms with van der Waals surface area (Å²) in [6.07, 6.45) is 5.90. The largest absolute Gasteiger partial charge is 0.391 e. The van der Waals surface area contributed by atoms with Gasteiger partial charge in [0.05, 0.1) is 25.4 Å². The lowest BCUT2D eigenvalue weighted by Crippen LogP contribution is -2.53. The number of aliphatic hydroxyl groups is 1. The summed E-state index contributed by atoms with van der Waals surface area (Å²) in [5.74, 6) is 1.28. The second-order valence-corrected chi connectivity index (χ2v) is 6.29. The number of morpholine rings is 1. The van der Waals surface area contributed by atoms with Crippen molar-refractivity contribution in [3.63, 3.8) is 0 Å². The zero-order chi connectivity index (χ0) is 15.8. The van der Waals surface area contributed by atoms with Crippen molar-refractivity contribution >= 4 is 29.9 Å². The number of aliphatic imine (C=N–C) groups is 1. The SMILES string of the molecule is CN=C(NCC(O)C1CCCCC1)N1CCOC(COC)C1.I. The summed E-state index contributed by atoms with van der Waals surface area (Å²) < 4.78 is 10.8. The van der Waals surface area contributed by atoms with Gasteiger partial charge >= 0.3 is 0 Å². The topological polar surface area (TPSA) is 66.3 Å². The van der Waals surface area contributed by atoms with Crippen LogP contribution in [0.2, 0.25) is 0 Å². The highest BCUT2D eigenvalue weighted by Gasteiger charge is 2.25. The minimum Gasteiger partial charge on any atom is -0.391 e. The highest BCUT2D eigenvalue weighted by molar-refractivity contribution is 14.0. The standard InChI is InChI=1S/C16H31N3O3.HI/c1-17-16(19-8-9-22-14(11-19)12-21-2)18-10-15(20)13-6-4-3-5-7-13;/h13-15,20H,3-12H2,1-2H3,(H,17,18);1H. The fraction of sp³-hybridized carbons (Fsp3) is 0.938. The van der Waals surface area contributed by atoms with Gasteiger partial charge in [-0.05, 0) is 18.8 Å². The van der Waals surface area contributed by atoms with Crippen LogP contribution in [0.1, 0.15) is 32.1 Å². The Bertz CT molecular complexity index is 349. The molecule has 136 valence electrons. The molecular weight excluding hydrogens is 409 g/mol. The van der Waals surface area contributed by atoms with Crippen molar-refractivity contribution in [2.24, 2.45) is 10.9 Å². The second kappa shape index (κ2) is 11.4. The van der Waals surface area contributed by atoms with E-state index in [1.165, 1.54) is 19.3 Å². The van der Waals surface area contributed by atoms with Crippen LogP contribution in [0.15, 0.2) is 4.99 Å². The van der Waals surface area contributed by atoms with Crippen LogP contribution >= 0.6 is 24.0 Å². The number of aliphatic hydroxyl groups excluding tert-OH is 1. The molecule has 1 aliphatic heterocycles. The van der Waals surface area contributed by atoms with E-state index in [1.54, 1.807) is 14.2 Å². The average Bonchev–Trinajstić information content (AvgIpc) is 2.57. The quantitative estimate of drug-likeness (QED) is 0.385. The zero-order valence-electron chi connectivity index (χ0n) is 14.4. The number of rotatable bonds is 5. The molecule has 0 amide bonds. The van der Waals surface area contributed by atoms with Crippen molar-refractivity contribution in [2.45, 2.75) is 44.3 Å². The maximum absolute atomic E-state index is 10.4. The number of ether oxygens (including phenoxy) is 2. The van der Waals surface area contributed by atoms with E-state index in [-0.39, 0.29) is 36.2 Å². The monoisotopic (exact) mass is 441 g/mol. The molecule has 1 heterocycles. The van der Waals surface area contributed by atoms with Crippen LogP contribution in [0, 0.1) is 5.92 Å². The van der Waals surface area contributed by atoms with E-state index < -0.39 is 0 Å². The third kappa shape index (κ3) is 6.72. The minimum absolute atomic E-state index is 0. The van der Waals surface area contributed by atoms with Crippen molar-refractivity contribution in [3.05, 3.63) is 0 Å². The average molecular weight is 441 g/mol. The fourth-order valence-corrected chi connectivity index (χ4v) is 3.41. The number of nitrogens with zero attached hydrogens (tertiary/aromatic N) is 2. The van der Waals surface area contributed by atoms with Gasteiger partial charge in [-0.2, -0.15) is 0 Å². The van der Waals surface area contributed by atoms with Crippen LogP contribution in [0.25, 0.3) is 0 Å². The Kier molecular flexibility index (Phi) is 10.4. The first kappa shape index (κ1) is 20.9. The molecule has 0 aromatic heterocycles. The Morgan fingerprint density at radius 1 is 1.39 bits per heavy atom. The summed E-state index contributed by atoms with van der Waals surface area (Å²) in [5, 5.41) is 13.7. The number of nitrogens with one attached hydrogen (secondary N) is 1. The lowest BCUT2D eigenvalue weighted by molar-refractivity contribution is -0.0449. The summed E-state index contributed by atoms with van der Waals surface area (Å²) in [6, 6.07) is 0. The van der Waals surface area contributed by atoms with Gasteiger partial charge in [0.1, 0.15) is 0 Å². The fourth-order valence-electron chi connectivity index (χ4n) is 3.41. The molecule has 1 saturated carbocycles. The first-order valence-electron chi connectivity index (χ1n) is 8.48. The van der Waals surface area contributed by atoms with Crippen LogP contribution in [-0.2, 0) is 9.47 Å². The molecule has 23 heavy (non-hydrogen) atoms. The van der Waals surface area contributed by atoms with Crippen molar-refractivity contribution < 1.29 is 14.6 Å². The molecule has 6 nitrogen and oxygen atoms in total. The summed E-state index contributed by atoms with van der Waals surface area (Å²) in [6.45, 7) is 3.44. The Morgan fingerprint density at radius 3 is 2.78 bits per heavy atom. The zero-order valence-corrected chi connectivity index (χ0v) is 16.7. The molecule has 2 unspecified atom stereocenters. The lowest BCUT2D eigenvalue weighted by Gasteiger charge is -2.35. The third-order valence-electron chi connectivity index (χ3n) is 4.67. The van der Waals surface area contributed by atoms with Gasteiger partial charge in [0, 0.05) is 33.8 Å². The van der Waals surface area contributed by atoms with Crippen LogP contribution < -0.4 is 5.32 Å². The van der Waals surface area contributed by atoms with Crippen molar-refractivity contribution in [1.82, 2.24) is 10.2 Å². The van der Waals surface area contributed by atoms with Gasteiger partial charge in [0.2, 0.25) is 0 Å². The number of methoxy groups -OCH3 is 1. The molecule has 2 atom stereocenters. The summed E-state index contributed by atoms with van der Waals surface area (Å²) >= 11 is 0. The summed E-state index contributed by atoms with van der Waals surface area (Å²) in [7, 11) is 3.48. The molecule has 0 aromatic carbocycles. The minimum atomic E-state index is -0.284. The maximum atomic E-state index is 10.4. The molecule has 0 spiro atoms. The molecule has 2 rings (SSSR count). The van der Waals surface area contributed by atoms with E-state index in [4.69, 9.17) is 9.47 Å². The van der Waals surface area contributed by atoms with Gasteiger partial charge in [-0.15, -0.1) is 24.0 Å². The predicted octanol–water partition coefficient (Wildman–Crippen LogP) is 1.47. The van der Waals surface area contributed by atoms with E-state index in [9.17, 15) is 5.11 Å². The Labute approximate surface area is 157 Å². The van der Waals surface area contributed by atoms with Crippen molar-refractivity contribution in [2.75, 3.05) is 47.0 Å². The number of halogens is 1. The van der Waals surface area contributed by atoms with E-state index >= 15 is 0 Å². The van der Waals surface area contributed by atoms with Crippen LogP contribution in [0.5, 0.6) is 0 Å². The van der Waals surface area contributed by atoms with E-state index in [1.807, 2.05) is 0 Å². The first-order chi connectivity index (χ1) is 10.7. The predicted molar refractivity (Wildman–Crippen MR) is 103 cm³/mol. The molecule has 2 fully saturated rings. The van der Waals surface area contributed by atoms with E-state index in [2.05, 4.69) is 15.2 Å². The number of guanidine groups is 1. The molecule has 1 saturated heterocycles. The molecule has 0 bridgehead atoms. The summed E-state index contributed by atoms with van der Waals surface area (Å²) in [5.41, 5.74) is 0. The van der Waals surface area contributed by atoms with E-state index in [0.717, 1.165) is 31.9 Å². The van der Waals surface area contributed by atoms with Gasteiger partial charge in [0.15, 0.2) is 5.96 Å². The second-order valence-electron chi connectivity index (χ2n) is 6.29. The Morgan fingerprint density at radius 2 is 2.13 bits per heavy atom. The van der Waals surface area contributed by atoms with Gasteiger partial charge in [-0.25, -0.2) is 0 Å². The molecular formula is C16H32IN3O3. The molecule has 2 N–H and O–H groups in total. The van der Waals surface area contributed by atoms with Gasteiger partial charge in [-0.3, -0.25) is 4.99 Å². The Balaban J connectivity index is 0.00000264. The number of hydrogen-bond donors (Lipinski definition) is 2.